The lowest BCUT2D eigenvalue weighted by molar-refractivity contribution is -0.133. The van der Waals surface area contributed by atoms with Gasteiger partial charge in [-0.3, -0.25) is 4.79 Å². The number of hydrogen-bond donors (Lipinski definition) is 2. The van der Waals surface area contributed by atoms with E-state index in [9.17, 15) is 9.59 Å². The zero-order chi connectivity index (χ0) is 11.0. The maximum Gasteiger partial charge on any atom is 0.352 e. The summed E-state index contributed by atoms with van der Waals surface area (Å²) in [5, 5.41) is 8.89. The van der Waals surface area contributed by atoms with Crippen LogP contribution in [0.25, 0.3) is 0 Å². The van der Waals surface area contributed by atoms with Crippen LogP contribution in [0.15, 0.2) is 12.3 Å². The summed E-state index contributed by atoms with van der Waals surface area (Å²) in [7, 11) is 0. The van der Waals surface area contributed by atoms with Gasteiger partial charge in [0.15, 0.2) is 0 Å². The van der Waals surface area contributed by atoms with E-state index in [1.807, 2.05) is 0 Å². The van der Waals surface area contributed by atoms with Crippen molar-refractivity contribution in [1.82, 2.24) is 9.88 Å². The second-order valence-corrected chi connectivity index (χ2v) is 3.73. The molecule has 0 unspecified atom stereocenters. The topological polar surface area (TPSA) is 73.4 Å². The van der Waals surface area contributed by atoms with Gasteiger partial charge < -0.3 is 15.0 Å². The molecule has 2 heterocycles. The number of carbonyl (C=O) groups excluding carboxylic acids is 1. The van der Waals surface area contributed by atoms with Crippen molar-refractivity contribution in [2.45, 2.75) is 12.8 Å². The van der Waals surface area contributed by atoms with E-state index in [1.54, 1.807) is 17.2 Å². The van der Waals surface area contributed by atoms with Crippen LogP contribution in [0.5, 0.6) is 0 Å². The molecule has 0 bridgehead atoms. The van der Waals surface area contributed by atoms with Crippen LogP contribution < -0.4 is 0 Å². The number of carbonyl (C=O) groups is 2. The Labute approximate surface area is 86.7 Å². The van der Waals surface area contributed by atoms with Gasteiger partial charge in [-0.25, -0.2) is 4.79 Å². The average molecular weight is 208 g/mol. The van der Waals surface area contributed by atoms with Crippen LogP contribution in [0, 0.1) is 0 Å². The van der Waals surface area contributed by atoms with Crippen LogP contribution in [-0.4, -0.2) is 40.0 Å². The Kier molecular flexibility index (Phi) is 2.22. The van der Waals surface area contributed by atoms with E-state index in [2.05, 4.69) is 4.98 Å². The zero-order valence-electron chi connectivity index (χ0n) is 8.36. The Hall–Kier alpha value is -1.78. The molecule has 0 aromatic carbocycles. The smallest absolute Gasteiger partial charge is 0.352 e. The van der Waals surface area contributed by atoms with Crippen LogP contribution in [0.4, 0.5) is 0 Å². The highest BCUT2D eigenvalue weighted by molar-refractivity contribution is 5.87. The molecule has 0 radical (unpaired) electrons. The molecule has 0 atom stereocenters. The number of likely N-dealkylation sites (tertiary alicyclic amines) is 1. The van der Waals surface area contributed by atoms with E-state index in [-0.39, 0.29) is 17.5 Å². The summed E-state index contributed by atoms with van der Waals surface area (Å²) in [5.74, 6) is -0.749. The van der Waals surface area contributed by atoms with E-state index in [0.29, 0.717) is 13.1 Å². The zero-order valence-corrected chi connectivity index (χ0v) is 8.36. The molecule has 1 fully saturated rings. The summed E-state index contributed by atoms with van der Waals surface area (Å²) >= 11 is 0. The highest BCUT2D eigenvalue weighted by atomic mass is 16.4. The van der Waals surface area contributed by atoms with Crippen molar-refractivity contribution in [3.63, 3.8) is 0 Å². The van der Waals surface area contributed by atoms with Gasteiger partial charge >= 0.3 is 5.97 Å². The molecule has 1 aromatic heterocycles. The number of carboxylic acid groups (broad SMARTS) is 1. The second-order valence-electron chi connectivity index (χ2n) is 3.73. The lowest BCUT2D eigenvalue weighted by atomic mass is 9.91. The maximum absolute atomic E-state index is 11.0. The largest absolute Gasteiger partial charge is 0.477 e. The number of amides is 1. The van der Waals surface area contributed by atoms with Crippen LogP contribution in [0.2, 0.25) is 0 Å². The number of nitrogens with one attached hydrogen (secondary N) is 1. The molecule has 2 N–H and O–H groups in total. The monoisotopic (exact) mass is 208 g/mol. The number of nitrogens with zero attached hydrogens (tertiary/aromatic N) is 1. The summed E-state index contributed by atoms with van der Waals surface area (Å²) < 4.78 is 0. The van der Waals surface area contributed by atoms with Crippen molar-refractivity contribution in [2.24, 2.45) is 0 Å². The predicted molar refractivity (Wildman–Crippen MR) is 52.7 cm³/mol. The molecule has 15 heavy (non-hydrogen) atoms. The Balaban J connectivity index is 2.10. The molecule has 0 aliphatic carbocycles. The van der Waals surface area contributed by atoms with Gasteiger partial charge in [-0.05, 0) is 11.6 Å². The van der Waals surface area contributed by atoms with E-state index < -0.39 is 5.97 Å². The third-order valence-corrected chi connectivity index (χ3v) is 2.76. The minimum atomic E-state index is -0.948. The fourth-order valence-corrected chi connectivity index (χ4v) is 1.84. The van der Waals surface area contributed by atoms with E-state index in [0.717, 1.165) is 5.56 Å². The molecule has 1 amide bonds. The second kappa shape index (κ2) is 3.42. The first-order chi connectivity index (χ1) is 7.09. The summed E-state index contributed by atoms with van der Waals surface area (Å²) in [6.45, 7) is 2.76. The molecule has 5 nitrogen and oxygen atoms in total. The highest BCUT2D eigenvalue weighted by Gasteiger charge is 2.32. The number of H-pyrrole nitrogens is 1. The molecule has 1 aliphatic rings. The highest BCUT2D eigenvalue weighted by Crippen LogP contribution is 2.29. The standard InChI is InChI=1S/C10H12N2O3/c1-6(13)12-4-7(5-12)8-2-3-11-9(8)10(14)15/h2-3,7,11H,4-5H2,1H3,(H,14,15). The van der Waals surface area contributed by atoms with E-state index in [1.165, 1.54) is 6.92 Å². The van der Waals surface area contributed by atoms with E-state index in [4.69, 9.17) is 5.11 Å². The average Bonchev–Trinajstić information content (AvgIpc) is 2.48. The minimum Gasteiger partial charge on any atom is -0.477 e. The van der Waals surface area contributed by atoms with Crippen molar-refractivity contribution >= 4 is 11.9 Å². The number of aromatic carboxylic acids is 1. The third kappa shape index (κ3) is 1.60. The van der Waals surface area contributed by atoms with Gasteiger partial charge in [-0.2, -0.15) is 0 Å². The number of rotatable bonds is 2. The molecule has 1 saturated heterocycles. The summed E-state index contributed by atoms with van der Waals surface area (Å²) in [6.07, 6.45) is 1.62. The van der Waals surface area contributed by atoms with Gasteiger partial charge in [0.25, 0.3) is 0 Å². The van der Waals surface area contributed by atoms with Gasteiger partial charge in [0.05, 0.1) is 0 Å². The normalized spacial score (nSPS) is 16.2. The van der Waals surface area contributed by atoms with Crippen LogP contribution in [0.1, 0.15) is 28.9 Å². The fourth-order valence-electron chi connectivity index (χ4n) is 1.84. The Morgan fingerprint density at radius 1 is 1.53 bits per heavy atom. The first kappa shape index (κ1) is 9.76. The minimum absolute atomic E-state index is 0.0404. The molecule has 80 valence electrons. The fraction of sp³-hybridized carbons (Fsp3) is 0.400. The molecular formula is C10H12N2O3. The third-order valence-electron chi connectivity index (χ3n) is 2.76. The van der Waals surface area contributed by atoms with Gasteiger partial charge in [0.2, 0.25) is 5.91 Å². The predicted octanol–water partition coefficient (Wildman–Crippen LogP) is 0.659. The first-order valence-electron chi connectivity index (χ1n) is 4.75. The molecule has 5 heteroatoms. The Morgan fingerprint density at radius 3 is 2.73 bits per heavy atom. The van der Waals surface area contributed by atoms with Gasteiger partial charge in [-0.15, -0.1) is 0 Å². The van der Waals surface area contributed by atoms with Crippen molar-refractivity contribution in [1.29, 1.82) is 0 Å². The van der Waals surface area contributed by atoms with Gasteiger partial charge in [0.1, 0.15) is 5.69 Å². The van der Waals surface area contributed by atoms with Crippen LogP contribution in [0.3, 0.4) is 0 Å². The van der Waals surface area contributed by atoms with Gasteiger partial charge in [-0.1, -0.05) is 0 Å². The van der Waals surface area contributed by atoms with Crippen LogP contribution in [-0.2, 0) is 4.79 Å². The van der Waals surface area contributed by atoms with Crippen LogP contribution >= 0.6 is 0 Å². The number of aromatic amines is 1. The molecule has 0 saturated carbocycles. The first-order valence-corrected chi connectivity index (χ1v) is 4.75. The summed E-state index contributed by atoms with van der Waals surface area (Å²) in [4.78, 5) is 26.2. The summed E-state index contributed by atoms with van der Waals surface area (Å²) in [6, 6.07) is 1.77. The maximum atomic E-state index is 11.0. The van der Waals surface area contributed by atoms with Crippen molar-refractivity contribution in [3.05, 3.63) is 23.5 Å². The van der Waals surface area contributed by atoms with Gasteiger partial charge in [0, 0.05) is 32.1 Å². The molecule has 1 aromatic rings. The van der Waals surface area contributed by atoms with Crippen molar-refractivity contribution in [2.75, 3.05) is 13.1 Å². The number of hydrogen-bond acceptors (Lipinski definition) is 2. The van der Waals surface area contributed by atoms with Crippen molar-refractivity contribution in [3.8, 4) is 0 Å². The summed E-state index contributed by atoms with van der Waals surface area (Å²) in [5.41, 5.74) is 1.03. The molecular weight excluding hydrogens is 196 g/mol. The molecule has 0 spiro atoms. The SMILES string of the molecule is CC(=O)N1CC(c2cc[nH]c2C(=O)O)C1. The molecule has 1 aliphatic heterocycles. The van der Waals surface area contributed by atoms with Crippen molar-refractivity contribution < 1.29 is 14.7 Å². The van der Waals surface area contributed by atoms with E-state index >= 15 is 0 Å². The lowest BCUT2D eigenvalue weighted by Gasteiger charge is -2.38. The quantitative estimate of drug-likeness (QED) is 0.749. The molecule has 2 rings (SSSR count). The number of carboxylic acids is 1. The lowest BCUT2D eigenvalue weighted by Crippen LogP contribution is -2.47. The number of aromatic nitrogens is 1. The Morgan fingerprint density at radius 2 is 2.20 bits per heavy atom. The Bertz CT molecular complexity index is 405.